The van der Waals surface area contributed by atoms with Crippen LogP contribution in [-0.4, -0.2) is 37.1 Å². The van der Waals surface area contributed by atoms with Gasteiger partial charge in [0.05, 0.1) is 5.66 Å². The molecule has 0 bridgehead atoms. The van der Waals surface area contributed by atoms with Crippen LogP contribution in [0.25, 0.3) is 0 Å². The van der Waals surface area contributed by atoms with Crippen molar-refractivity contribution in [1.82, 2.24) is 5.32 Å². The van der Waals surface area contributed by atoms with Crippen LogP contribution >= 0.6 is 7.60 Å². The summed E-state index contributed by atoms with van der Waals surface area (Å²) in [5.41, 5.74) is -0.116. The average molecular weight is 251 g/mol. The highest BCUT2D eigenvalue weighted by Gasteiger charge is 2.37. The molecule has 0 aromatic carbocycles. The van der Waals surface area contributed by atoms with Crippen LogP contribution in [0.2, 0.25) is 0 Å². The molecule has 0 spiro atoms. The zero-order chi connectivity index (χ0) is 12.2. The zero-order valence-electron chi connectivity index (χ0n) is 9.51. The molecule has 1 aliphatic rings. The summed E-state index contributed by atoms with van der Waals surface area (Å²) in [5.74, 6) is 0. The summed E-state index contributed by atoms with van der Waals surface area (Å²) in [4.78, 5) is 10.4. The van der Waals surface area contributed by atoms with Gasteiger partial charge in [-0.25, -0.2) is 4.79 Å². The zero-order valence-corrected chi connectivity index (χ0v) is 10.4. The van der Waals surface area contributed by atoms with Crippen LogP contribution in [-0.2, 0) is 13.6 Å². The van der Waals surface area contributed by atoms with Gasteiger partial charge in [0.25, 0.3) is 0 Å². The molecule has 0 heterocycles. The van der Waals surface area contributed by atoms with Crippen molar-refractivity contribution in [2.75, 3.05) is 14.2 Å². The lowest BCUT2D eigenvalue weighted by atomic mass is 9.95. The van der Waals surface area contributed by atoms with Crippen molar-refractivity contribution in [2.24, 2.45) is 0 Å². The van der Waals surface area contributed by atoms with E-state index in [9.17, 15) is 9.36 Å². The molecule has 0 saturated heterocycles. The lowest BCUT2D eigenvalue weighted by Gasteiger charge is -2.31. The fourth-order valence-corrected chi connectivity index (χ4v) is 3.76. The SMILES string of the molecule is COP(=O)(OC)C1CCC(NC(=O)O)CC1. The average Bonchev–Trinajstić information content (AvgIpc) is 2.28. The maximum Gasteiger partial charge on any atom is 0.404 e. The Morgan fingerprint density at radius 2 is 1.75 bits per heavy atom. The largest absolute Gasteiger partial charge is 0.465 e. The van der Waals surface area contributed by atoms with Crippen LogP contribution < -0.4 is 5.32 Å². The van der Waals surface area contributed by atoms with Crippen LogP contribution in [0.4, 0.5) is 4.79 Å². The summed E-state index contributed by atoms with van der Waals surface area (Å²) in [6.45, 7) is 0. The van der Waals surface area contributed by atoms with Crippen LogP contribution in [0.15, 0.2) is 0 Å². The highest BCUT2D eigenvalue weighted by molar-refractivity contribution is 7.54. The number of nitrogens with one attached hydrogen (secondary N) is 1. The predicted molar refractivity (Wildman–Crippen MR) is 58.8 cm³/mol. The van der Waals surface area contributed by atoms with Gasteiger partial charge in [-0.1, -0.05) is 0 Å². The standard InChI is InChI=1S/C9H18NO5P/c1-14-16(13,15-2)8-5-3-7(4-6-8)10-9(11)12/h7-8,10H,3-6H2,1-2H3,(H,11,12). The molecule has 1 fully saturated rings. The maximum atomic E-state index is 12.1. The van der Waals surface area contributed by atoms with Crippen LogP contribution in [0.5, 0.6) is 0 Å². The van der Waals surface area contributed by atoms with E-state index < -0.39 is 13.7 Å². The number of carbonyl (C=O) groups is 1. The molecule has 1 aliphatic carbocycles. The minimum Gasteiger partial charge on any atom is -0.465 e. The van der Waals surface area contributed by atoms with E-state index in [1.54, 1.807) is 0 Å². The van der Waals surface area contributed by atoms with Crippen molar-refractivity contribution in [1.29, 1.82) is 0 Å². The smallest absolute Gasteiger partial charge is 0.404 e. The Kier molecular flexibility index (Phi) is 4.77. The van der Waals surface area contributed by atoms with Crippen LogP contribution in [0.3, 0.4) is 0 Å². The first kappa shape index (κ1) is 13.5. The number of hydrogen-bond donors (Lipinski definition) is 2. The molecule has 1 saturated carbocycles. The number of rotatable bonds is 4. The molecule has 1 rings (SSSR count). The minimum absolute atomic E-state index is 0.0455. The second-order valence-corrected chi connectivity index (χ2v) is 6.40. The van der Waals surface area contributed by atoms with Crippen molar-refractivity contribution in [3.8, 4) is 0 Å². The molecule has 0 aliphatic heterocycles. The Morgan fingerprint density at radius 1 is 1.25 bits per heavy atom. The fourth-order valence-electron chi connectivity index (χ4n) is 2.08. The summed E-state index contributed by atoms with van der Waals surface area (Å²) >= 11 is 0. The molecule has 2 N–H and O–H groups in total. The highest BCUT2D eigenvalue weighted by atomic mass is 31.2. The lowest BCUT2D eigenvalue weighted by molar-refractivity contribution is 0.185. The van der Waals surface area contributed by atoms with Crippen molar-refractivity contribution in [3.63, 3.8) is 0 Å². The van der Waals surface area contributed by atoms with Gasteiger partial charge >= 0.3 is 13.7 Å². The van der Waals surface area contributed by atoms with Crippen LogP contribution in [0.1, 0.15) is 25.7 Å². The predicted octanol–water partition coefficient (Wildman–Crippen LogP) is 2.05. The summed E-state index contributed by atoms with van der Waals surface area (Å²) in [6, 6.07) is -0.0455. The topological polar surface area (TPSA) is 84.9 Å². The van der Waals surface area contributed by atoms with E-state index in [2.05, 4.69) is 5.32 Å². The van der Waals surface area contributed by atoms with Gasteiger partial charge < -0.3 is 19.5 Å². The Bertz CT molecular complexity index is 280. The van der Waals surface area contributed by atoms with Crippen LogP contribution in [0, 0.1) is 0 Å². The van der Waals surface area contributed by atoms with Gasteiger partial charge in [0.1, 0.15) is 0 Å². The lowest BCUT2D eigenvalue weighted by Crippen LogP contribution is -2.37. The number of amides is 1. The summed E-state index contributed by atoms with van der Waals surface area (Å²) in [5, 5.41) is 11.0. The first-order valence-corrected chi connectivity index (χ1v) is 6.83. The van der Waals surface area contributed by atoms with Gasteiger partial charge in [0.15, 0.2) is 0 Å². The summed E-state index contributed by atoms with van der Waals surface area (Å²) in [7, 11) is -0.231. The van der Waals surface area contributed by atoms with E-state index in [1.807, 2.05) is 0 Å². The normalized spacial score (nSPS) is 26.4. The first-order valence-electron chi connectivity index (χ1n) is 5.22. The molecule has 94 valence electrons. The van der Waals surface area contributed by atoms with Gasteiger partial charge in [-0.2, -0.15) is 0 Å². The molecule has 16 heavy (non-hydrogen) atoms. The molecule has 0 radical (unpaired) electrons. The molecule has 0 unspecified atom stereocenters. The van der Waals surface area contributed by atoms with E-state index in [0.717, 1.165) is 0 Å². The van der Waals surface area contributed by atoms with Gasteiger partial charge in [-0.05, 0) is 25.7 Å². The molecule has 0 atom stereocenters. The summed E-state index contributed by atoms with van der Waals surface area (Å²) in [6.07, 6.45) is 1.65. The van der Waals surface area contributed by atoms with E-state index in [4.69, 9.17) is 14.2 Å². The third-order valence-electron chi connectivity index (χ3n) is 2.98. The third kappa shape index (κ3) is 3.20. The summed E-state index contributed by atoms with van der Waals surface area (Å²) < 4.78 is 21.9. The third-order valence-corrected chi connectivity index (χ3v) is 5.41. The first-order chi connectivity index (χ1) is 7.51. The van der Waals surface area contributed by atoms with E-state index in [0.29, 0.717) is 25.7 Å². The van der Waals surface area contributed by atoms with Gasteiger partial charge in [-0.15, -0.1) is 0 Å². The van der Waals surface area contributed by atoms with Crippen molar-refractivity contribution in [3.05, 3.63) is 0 Å². The van der Waals surface area contributed by atoms with E-state index in [-0.39, 0.29) is 11.7 Å². The van der Waals surface area contributed by atoms with Gasteiger partial charge in [0, 0.05) is 20.3 Å². The Labute approximate surface area is 94.8 Å². The fraction of sp³-hybridized carbons (Fsp3) is 0.889. The second kappa shape index (κ2) is 5.66. The van der Waals surface area contributed by atoms with Crippen molar-refractivity contribution in [2.45, 2.75) is 37.4 Å². The molecular formula is C9H18NO5P. The number of carboxylic acid groups (broad SMARTS) is 1. The monoisotopic (exact) mass is 251 g/mol. The Balaban J connectivity index is 2.48. The molecular weight excluding hydrogens is 233 g/mol. The Hall–Kier alpha value is -0.580. The van der Waals surface area contributed by atoms with Crippen molar-refractivity contribution >= 4 is 13.7 Å². The maximum absolute atomic E-state index is 12.1. The van der Waals surface area contributed by atoms with Crippen molar-refractivity contribution < 1.29 is 23.5 Å². The number of hydrogen-bond acceptors (Lipinski definition) is 4. The quantitative estimate of drug-likeness (QED) is 0.747. The highest BCUT2D eigenvalue weighted by Crippen LogP contribution is 2.56. The molecule has 6 nitrogen and oxygen atoms in total. The molecule has 1 amide bonds. The van der Waals surface area contributed by atoms with E-state index >= 15 is 0 Å². The second-order valence-electron chi connectivity index (χ2n) is 3.86. The Morgan fingerprint density at radius 3 is 2.12 bits per heavy atom. The molecule has 0 aromatic heterocycles. The molecule has 0 aromatic rings. The molecule has 7 heteroatoms. The van der Waals surface area contributed by atoms with E-state index in [1.165, 1.54) is 14.2 Å². The van der Waals surface area contributed by atoms with Gasteiger partial charge in [0.2, 0.25) is 0 Å². The van der Waals surface area contributed by atoms with Gasteiger partial charge in [-0.3, -0.25) is 4.57 Å². The minimum atomic E-state index is -2.99.